The van der Waals surface area contributed by atoms with E-state index in [2.05, 4.69) is 36.4 Å². The molecule has 0 aromatic carbocycles. The van der Waals surface area contributed by atoms with Crippen molar-refractivity contribution in [2.45, 2.75) is 0 Å². The molecule has 16 heavy (non-hydrogen) atoms. The molecule has 0 aliphatic carbocycles. The fourth-order valence-electron chi connectivity index (χ4n) is 1.13. The number of nitrogens with one attached hydrogen (secondary N) is 2. The molecular weight excluding hydrogens is 274 g/mol. The minimum atomic E-state index is -0.380. The van der Waals surface area contributed by atoms with Gasteiger partial charge in [0, 0.05) is 6.20 Å². The van der Waals surface area contributed by atoms with Gasteiger partial charge < -0.3 is 11.1 Å². The summed E-state index contributed by atoms with van der Waals surface area (Å²) in [4.78, 5) is 15.7. The van der Waals surface area contributed by atoms with Crippen LogP contribution in [0.3, 0.4) is 0 Å². The summed E-state index contributed by atoms with van der Waals surface area (Å²) in [5.41, 5.74) is 6.06. The Hall–Kier alpha value is -1.89. The minimum absolute atomic E-state index is 0.220. The zero-order valence-electron chi connectivity index (χ0n) is 8.07. The Bertz CT molecular complexity index is 524. The van der Waals surface area contributed by atoms with Crippen molar-refractivity contribution in [2.24, 2.45) is 0 Å². The van der Waals surface area contributed by atoms with E-state index in [-0.39, 0.29) is 11.6 Å². The van der Waals surface area contributed by atoms with Crippen molar-refractivity contribution in [1.82, 2.24) is 15.2 Å². The molecule has 0 radical (unpaired) electrons. The number of halogens is 1. The third-order valence-electron chi connectivity index (χ3n) is 1.89. The average molecular weight is 282 g/mol. The maximum absolute atomic E-state index is 11.7. The lowest BCUT2D eigenvalue weighted by Crippen LogP contribution is -2.15. The molecule has 0 atom stereocenters. The SMILES string of the molecule is Nc1cn[nH]c1C(=O)Nc1ncccc1Br. The first-order valence-corrected chi connectivity index (χ1v) is 5.18. The first kappa shape index (κ1) is 10.6. The smallest absolute Gasteiger partial charge is 0.277 e. The van der Waals surface area contributed by atoms with Crippen LogP contribution in [0, 0.1) is 0 Å². The van der Waals surface area contributed by atoms with Gasteiger partial charge in [0.15, 0.2) is 0 Å². The molecule has 0 spiro atoms. The number of nitrogen functional groups attached to an aromatic ring is 1. The number of hydrogen-bond acceptors (Lipinski definition) is 4. The molecule has 1 amide bonds. The zero-order valence-corrected chi connectivity index (χ0v) is 9.65. The number of anilines is 2. The molecule has 0 fully saturated rings. The van der Waals surface area contributed by atoms with Gasteiger partial charge in [-0.1, -0.05) is 0 Å². The Morgan fingerprint density at radius 2 is 2.38 bits per heavy atom. The Kier molecular flexibility index (Phi) is 2.86. The number of rotatable bonds is 2. The summed E-state index contributed by atoms with van der Waals surface area (Å²) < 4.78 is 0.696. The lowest BCUT2D eigenvalue weighted by atomic mass is 10.3. The summed E-state index contributed by atoms with van der Waals surface area (Å²) in [6, 6.07) is 3.53. The summed E-state index contributed by atoms with van der Waals surface area (Å²) in [6.45, 7) is 0. The van der Waals surface area contributed by atoms with Crippen LogP contribution in [0.5, 0.6) is 0 Å². The molecule has 2 heterocycles. The second-order valence-electron chi connectivity index (χ2n) is 2.99. The molecule has 0 saturated heterocycles. The van der Waals surface area contributed by atoms with Crippen molar-refractivity contribution in [3.05, 3.63) is 34.7 Å². The van der Waals surface area contributed by atoms with E-state index in [1.165, 1.54) is 6.20 Å². The average Bonchev–Trinajstić information content (AvgIpc) is 2.68. The molecule has 0 saturated carbocycles. The van der Waals surface area contributed by atoms with Crippen LogP contribution in [0.15, 0.2) is 29.0 Å². The largest absolute Gasteiger partial charge is 0.396 e. The molecule has 4 N–H and O–H groups in total. The van der Waals surface area contributed by atoms with E-state index < -0.39 is 0 Å². The fraction of sp³-hybridized carbons (Fsp3) is 0. The number of hydrogen-bond donors (Lipinski definition) is 3. The first-order chi connectivity index (χ1) is 7.68. The number of pyridine rings is 1. The molecule has 2 aromatic heterocycles. The Morgan fingerprint density at radius 1 is 1.56 bits per heavy atom. The lowest BCUT2D eigenvalue weighted by Gasteiger charge is -2.04. The van der Waals surface area contributed by atoms with Crippen LogP contribution in [0.4, 0.5) is 11.5 Å². The number of amides is 1. The molecular formula is C9H8BrN5O. The molecule has 2 rings (SSSR count). The zero-order chi connectivity index (χ0) is 11.5. The van der Waals surface area contributed by atoms with Gasteiger partial charge in [-0.05, 0) is 28.1 Å². The summed E-state index contributed by atoms with van der Waals surface area (Å²) in [5, 5.41) is 8.78. The van der Waals surface area contributed by atoms with Crippen molar-refractivity contribution in [3.8, 4) is 0 Å². The van der Waals surface area contributed by atoms with Crippen LogP contribution in [-0.2, 0) is 0 Å². The molecule has 0 bridgehead atoms. The van der Waals surface area contributed by atoms with Crippen LogP contribution in [0.25, 0.3) is 0 Å². The minimum Gasteiger partial charge on any atom is -0.396 e. The van der Waals surface area contributed by atoms with Gasteiger partial charge in [-0.3, -0.25) is 9.89 Å². The molecule has 0 aliphatic rings. The number of aromatic nitrogens is 3. The van der Waals surface area contributed by atoms with Crippen molar-refractivity contribution in [2.75, 3.05) is 11.1 Å². The van der Waals surface area contributed by atoms with Crippen LogP contribution in [0.1, 0.15) is 10.5 Å². The van der Waals surface area contributed by atoms with Crippen LogP contribution in [0.2, 0.25) is 0 Å². The van der Waals surface area contributed by atoms with Crippen molar-refractivity contribution >= 4 is 33.3 Å². The third kappa shape index (κ3) is 2.03. The molecule has 82 valence electrons. The maximum Gasteiger partial charge on any atom is 0.277 e. The topological polar surface area (TPSA) is 96.7 Å². The Labute approximate surface area is 99.4 Å². The summed E-state index contributed by atoms with van der Waals surface area (Å²) in [5.74, 6) is 0.0518. The van der Waals surface area contributed by atoms with E-state index >= 15 is 0 Å². The number of H-pyrrole nitrogens is 1. The van der Waals surface area contributed by atoms with E-state index in [9.17, 15) is 4.79 Å². The van der Waals surface area contributed by atoms with E-state index in [1.54, 1.807) is 18.3 Å². The maximum atomic E-state index is 11.7. The predicted molar refractivity (Wildman–Crippen MR) is 62.9 cm³/mol. The van der Waals surface area contributed by atoms with E-state index in [1.807, 2.05) is 0 Å². The molecule has 2 aromatic rings. The normalized spacial score (nSPS) is 10.1. The highest BCUT2D eigenvalue weighted by Gasteiger charge is 2.13. The van der Waals surface area contributed by atoms with Crippen molar-refractivity contribution in [3.63, 3.8) is 0 Å². The highest BCUT2D eigenvalue weighted by Crippen LogP contribution is 2.19. The summed E-state index contributed by atoms with van der Waals surface area (Å²) in [7, 11) is 0. The molecule has 0 aliphatic heterocycles. The molecule has 0 unspecified atom stereocenters. The molecule has 6 nitrogen and oxygen atoms in total. The van der Waals surface area contributed by atoms with E-state index in [4.69, 9.17) is 5.73 Å². The first-order valence-electron chi connectivity index (χ1n) is 4.39. The highest BCUT2D eigenvalue weighted by molar-refractivity contribution is 9.10. The number of carbonyl (C=O) groups excluding carboxylic acids is 1. The van der Waals surface area contributed by atoms with Gasteiger partial charge in [0.1, 0.15) is 11.5 Å². The van der Waals surface area contributed by atoms with Crippen molar-refractivity contribution in [1.29, 1.82) is 0 Å². The van der Waals surface area contributed by atoms with Crippen LogP contribution < -0.4 is 11.1 Å². The lowest BCUT2D eigenvalue weighted by molar-refractivity contribution is 0.102. The standard InChI is InChI=1S/C9H8BrN5O/c10-5-2-1-3-12-8(5)14-9(16)7-6(11)4-13-15-7/h1-4H,11H2,(H,13,15)(H,12,14,16). The van der Waals surface area contributed by atoms with Gasteiger partial charge in [-0.25, -0.2) is 4.98 Å². The van der Waals surface area contributed by atoms with Gasteiger partial charge in [0.05, 0.1) is 16.4 Å². The highest BCUT2D eigenvalue weighted by atomic mass is 79.9. The monoisotopic (exact) mass is 281 g/mol. The van der Waals surface area contributed by atoms with Gasteiger partial charge in [-0.2, -0.15) is 5.10 Å². The summed E-state index contributed by atoms with van der Waals surface area (Å²) >= 11 is 3.27. The fourth-order valence-corrected chi connectivity index (χ4v) is 1.48. The Balaban J connectivity index is 2.21. The number of nitrogens with two attached hydrogens (primary N) is 1. The van der Waals surface area contributed by atoms with Crippen LogP contribution in [-0.4, -0.2) is 21.1 Å². The van der Waals surface area contributed by atoms with Crippen molar-refractivity contribution < 1.29 is 4.79 Å². The second kappa shape index (κ2) is 4.31. The Morgan fingerprint density at radius 3 is 3.00 bits per heavy atom. The third-order valence-corrected chi connectivity index (χ3v) is 2.53. The number of carbonyl (C=O) groups is 1. The van der Waals surface area contributed by atoms with Gasteiger partial charge in [-0.15, -0.1) is 0 Å². The summed E-state index contributed by atoms with van der Waals surface area (Å²) in [6.07, 6.45) is 2.96. The van der Waals surface area contributed by atoms with Gasteiger partial charge in [0.2, 0.25) is 0 Å². The predicted octanol–water partition coefficient (Wildman–Crippen LogP) is 1.40. The quantitative estimate of drug-likeness (QED) is 0.775. The van der Waals surface area contributed by atoms with Gasteiger partial charge >= 0.3 is 0 Å². The number of aromatic amines is 1. The molecule has 7 heteroatoms. The van der Waals surface area contributed by atoms with E-state index in [0.29, 0.717) is 16.0 Å². The second-order valence-corrected chi connectivity index (χ2v) is 3.84. The number of nitrogens with zero attached hydrogens (tertiary/aromatic N) is 2. The van der Waals surface area contributed by atoms with Gasteiger partial charge in [0.25, 0.3) is 5.91 Å². The van der Waals surface area contributed by atoms with E-state index in [0.717, 1.165) is 0 Å². The van der Waals surface area contributed by atoms with Crippen LogP contribution >= 0.6 is 15.9 Å².